The van der Waals surface area contributed by atoms with Gasteiger partial charge < -0.3 is 20.2 Å². The molecule has 1 aliphatic heterocycles. The summed E-state index contributed by atoms with van der Waals surface area (Å²) < 4.78 is 45.0. The van der Waals surface area contributed by atoms with E-state index in [1.54, 1.807) is 4.90 Å². The third-order valence-electron chi connectivity index (χ3n) is 5.55. The highest BCUT2D eigenvalue weighted by Crippen LogP contribution is 2.18. The first-order valence-electron chi connectivity index (χ1n) is 11.4. The lowest BCUT2D eigenvalue weighted by atomic mass is 10.00. The first-order chi connectivity index (χ1) is 17.0. The molecule has 1 saturated heterocycles. The van der Waals surface area contributed by atoms with Crippen LogP contribution in [0.15, 0.2) is 54.6 Å². The van der Waals surface area contributed by atoms with E-state index in [0.29, 0.717) is 31.7 Å². The monoisotopic (exact) mass is 511 g/mol. The molecule has 1 fully saturated rings. The van der Waals surface area contributed by atoms with Gasteiger partial charge in [0.25, 0.3) is 5.91 Å². The van der Waals surface area contributed by atoms with Crippen LogP contribution >= 0.6 is 0 Å². The van der Waals surface area contributed by atoms with Gasteiger partial charge in [0.2, 0.25) is 5.91 Å². The lowest BCUT2D eigenvalue weighted by Crippen LogP contribution is -2.47. The Morgan fingerprint density at radius 2 is 1.58 bits per heavy atom. The smallest absolute Gasteiger partial charge is 0.475 e. The van der Waals surface area contributed by atoms with Gasteiger partial charge in [-0.25, -0.2) is 9.18 Å². The van der Waals surface area contributed by atoms with Gasteiger partial charge in [-0.05, 0) is 35.7 Å². The minimum absolute atomic E-state index is 0.0655. The van der Waals surface area contributed by atoms with Crippen molar-refractivity contribution < 1.29 is 37.1 Å². The maximum absolute atomic E-state index is 13.3. The highest BCUT2D eigenvalue weighted by molar-refractivity contribution is 5.94. The summed E-state index contributed by atoms with van der Waals surface area (Å²) >= 11 is 0. The Balaban J connectivity index is 0.000000572. The van der Waals surface area contributed by atoms with Gasteiger partial charge in [0.15, 0.2) is 0 Å². The molecule has 0 aromatic heterocycles. The Morgan fingerprint density at radius 3 is 2.11 bits per heavy atom. The molecule has 1 heterocycles. The molecular formula is C25H29F4N3O4. The molecule has 36 heavy (non-hydrogen) atoms. The maximum atomic E-state index is 13.3. The van der Waals surface area contributed by atoms with E-state index in [0.717, 1.165) is 18.7 Å². The van der Waals surface area contributed by atoms with E-state index in [2.05, 4.69) is 12.2 Å². The van der Waals surface area contributed by atoms with Gasteiger partial charge >= 0.3 is 12.1 Å². The number of hydrogen-bond donors (Lipinski definition) is 2. The Bertz CT molecular complexity index is 995. The lowest BCUT2D eigenvalue weighted by Gasteiger charge is -2.30. The number of rotatable bonds is 7. The maximum Gasteiger partial charge on any atom is 0.490 e. The van der Waals surface area contributed by atoms with Crippen molar-refractivity contribution in [2.75, 3.05) is 39.3 Å². The number of alkyl halides is 3. The van der Waals surface area contributed by atoms with Gasteiger partial charge in [-0.15, -0.1) is 0 Å². The van der Waals surface area contributed by atoms with Gasteiger partial charge in [-0.3, -0.25) is 9.59 Å². The highest BCUT2D eigenvalue weighted by Gasteiger charge is 2.38. The fraction of sp³-hybridized carbons (Fsp3) is 0.400. The molecular weight excluding hydrogens is 482 g/mol. The van der Waals surface area contributed by atoms with Gasteiger partial charge in [-0.2, -0.15) is 13.2 Å². The number of carbonyl (C=O) groups is 3. The van der Waals surface area contributed by atoms with Crippen LogP contribution in [0.1, 0.15) is 35.2 Å². The molecule has 0 saturated carbocycles. The van der Waals surface area contributed by atoms with Gasteiger partial charge in [0.05, 0.1) is 0 Å². The average molecular weight is 512 g/mol. The van der Waals surface area contributed by atoms with Gasteiger partial charge in [0, 0.05) is 51.3 Å². The van der Waals surface area contributed by atoms with Crippen LogP contribution in [-0.2, 0) is 9.59 Å². The summed E-state index contributed by atoms with van der Waals surface area (Å²) in [6, 6.07) is 15.6. The lowest BCUT2D eigenvalue weighted by molar-refractivity contribution is -0.192. The molecule has 2 aromatic carbocycles. The van der Waals surface area contributed by atoms with Crippen LogP contribution in [0.5, 0.6) is 0 Å². The Morgan fingerprint density at radius 1 is 1.03 bits per heavy atom. The van der Waals surface area contributed by atoms with Crippen molar-refractivity contribution in [2.45, 2.75) is 25.4 Å². The number of aliphatic carboxylic acids is 1. The minimum Gasteiger partial charge on any atom is -0.475 e. The molecule has 0 radical (unpaired) electrons. The quantitative estimate of drug-likeness (QED) is 0.556. The van der Waals surface area contributed by atoms with E-state index >= 15 is 0 Å². The van der Waals surface area contributed by atoms with E-state index < -0.39 is 12.1 Å². The topological polar surface area (TPSA) is 90.0 Å². The number of nitrogens with zero attached hydrogens (tertiary/aromatic N) is 2. The molecule has 0 spiro atoms. The van der Waals surface area contributed by atoms with Crippen molar-refractivity contribution in [3.63, 3.8) is 0 Å². The zero-order chi connectivity index (χ0) is 26.7. The van der Waals surface area contributed by atoms with Crippen molar-refractivity contribution in [1.82, 2.24) is 15.1 Å². The van der Waals surface area contributed by atoms with Gasteiger partial charge in [-0.1, -0.05) is 37.3 Å². The molecule has 11 heteroatoms. The molecule has 1 atom stereocenters. The van der Waals surface area contributed by atoms with E-state index in [-0.39, 0.29) is 30.0 Å². The SMILES string of the molecule is CC(CN(CCC(=O)N1CCNCC1)C(=O)c1ccc(F)cc1)c1ccccc1.O=C(O)C(F)(F)F. The minimum atomic E-state index is -5.08. The molecule has 2 amide bonds. The molecule has 0 aliphatic carbocycles. The second kappa shape index (κ2) is 13.6. The summed E-state index contributed by atoms with van der Waals surface area (Å²) in [7, 11) is 0. The second-order valence-electron chi connectivity index (χ2n) is 8.25. The fourth-order valence-corrected chi connectivity index (χ4v) is 3.57. The molecule has 196 valence electrons. The van der Waals surface area contributed by atoms with Crippen molar-refractivity contribution in [3.8, 4) is 0 Å². The molecule has 1 unspecified atom stereocenters. The summed E-state index contributed by atoms with van der Waals surface area (Å²) in [4.78, 5) is 38.1. The number of carbonyl (C=O) groups excluding carboxylic acids is 2. The number of piperazine rings is 1. The van der Waals surface area contributed by atoms with Crippen LogP contribution < -0.4 is 5.32 Å². The van der Waals surface area contributed by atoms with Crippen LogP contribution in [0.3, 0.4) is 0 Å². The van der Waals surface area contributed by atoms with Crippen molar-refractivity contribution in [3.05, 3.63) is 71.5 Å². The van der Waals surface area contributed by atoms with Gasteiger partial charge in [0.1, 0.15) is 5.82 Å². The Hall–Kier alpha value is -3.47. The first-order valence-corrected chi connectivity index (χ1v) is 11.4. The predicted octanol–water partition coefficient (Wildman–Crippen LogP) is 3.53. The van der Waals surface area contributed by atoms with E-state index in [1.807, 2.05) is 35.2 Å². The van der Waals surface area contributed by atoms with Crippen LogP contribution in [0.2, 0.25) is 0 Å². The normalized spacial score (nSPS) is 14.3. The molecule has 1 aliphatic rings. The number of hydrogen-bond acceptors (Lipinski definition) is 4. The van der Waals surface area contributed by atoms with Crippen LogP contribution in [0, 0.1) is 5.82 Å². The van der Waals surface area contributed by atoms with E-state index in [4.69, 9.17) is 9.90 Å². The third kappa shape index (κ3) is 9.29. The van der Waals surface area contributed by atoms with Crippen molar-refractivity contribution in [2.24, 2.45) is 0 Å². The number of halogens is 4. The summed E-state index contributed by atoms with van der Waals surface area (Å²) in [5.41, 5.74) is 1.57. The summed E-state index contributed by atoms with van der Waals surface area (Å²) in [6.45, 7) is 5.91. The number of benzene rings is 2. The zero-order valence-corrected chi connectivity index (χ0v) is 19.8. The second-order valence-corrected chi connectivity index (χ2v) is 8.25. The van der Waals surface area contributed by atoms with Crippen LogP contribution in [0.4, 0.5) is 17.6 Å². The van der Waals surface area contributed by atoms with Crippen molar-refractivity contribution >= 4 is 17.8 Å². The fourth-order valence-electron chi connectivity index (χ4n) is 3.57. The van der Waals surface area contributed by atoms with Crippen molar-refractivity contribution in [1.29, 1.82) is 0 Å². The molecule has 0 bridgehead atoms. The predicted molar refractivity (Wildman–Crippen MR) is 125 cm³/mol. The summed E-state index contributed by atoms with van der Waals surface area (Å²) in [5, 5.41) is 10.4. The van der Waals surface area contributed by atoms with Crippen LogP contribution in [0.25, 0.3) is 0 Å². The number of nitrogens with one attached hydrogen (secondary N) is 1. The average Bonchev–Trinajstić information content (AvgIpc) is 2.87. The number of carboxylic acid groups (broad SMARTS) is 1. The summed E-state index contributed by atoms with van der Waals surface area (Å²) in [5.74, 6) is -3.13. The summed E-state index contributed by atoms with van der Waals surface area (Å²) in [6.07, 6.45) is -4.80. The zero-order valence-electron chi connectivity index (χ0n) is 19.8. The molecule has 2 aromatic rings. The number of amides is 2. The Kier molecular flexibility index (Phi) is 10.8. The largest absolute Gasteiger partial charge is 0.490 e. The standard InChI is InChI=1S/C23H28FN3O2.C2HF3O2/c1-18(19-5-3-2-4-6-19)17-27(23(29)20-7-9-21(24)10-8-20)14-11-22(28)26-15-12-25-13-16-26;3-2(4,5)1(6)7/h2-10,18,25H,11-17H2,1H3;(H,6,7). The highest BCUT2D eigenvalue weighted by atomic mass is 19.4. The molecule has 7 nitrogen and oxygen atoms in total. The van der Waals surface area contributed by atoms with E-state index in [1.165, 1.54) is 24.3 Å². The third-order valence-corrected chi connectivity index (χ3v) is 5.55. The first kappa shape index (κ1) is 28.8. The number of carboxylic acids is 1. The van der Waals surface area contributed by atoms with Crippen LogP contribution in [-0.4, -0.2) is 78.1 Å². The molecule has 3 rings (SSSR count). The van der Waals surface area contributed by atoms with E-state index in [9.17, 15) is 27.2 Å². The molecule has 2 N–H and O–H groups in total. The Labute approximate surface area is 206 Å².